The molecule has 1 amide bonds. The van der Waals surface area contributed by atoms with E-state index in [1.165, 1.54) is 0 Å². The van der Waals surface area contributed by atoms with E-state index >= 15 is 0 Å². The Labute approximate surface area is 114 Å². The number of aliphatic carboxylic acids is 1. The monoisotopic (exact) mass is 283 g/mol. The van der Waals surface area contributed by atoms with Crippen molar-refractivity contribution < 1.29 is 23.5 Å². The first-order chi connectivity index (χ1) is 9.43. The van der Waals surface area contributed by atoms with Gasteiger partial charge in [-0.1, -0.05) is 12.8 Å². The van der Waals surface area contributed by atoms with Crippen molar-refractivity contribution in [2.75, 3.05) is 5.32 Å². The number of hydrogen-bond donors (Lipinski definition) is 2. The lowest BCUT2D eigenvalue weighted by molar-refractivity contribution is -0.150. The lowest BCUT2D eigenvalue weighted by Gasteiger charge is -2.22. The van der Waals surface area contributed by atoms with E-state index < -0.39 is 28.9 Å². The number of hydrogen-bond acceptors (Lipinski definition) is 2. The molecule has 2 N–H and O–H groups in total. The van der Waals surface area contributed by atoms with Gasteiger partial charge in [0, 0.05) is 12.5 Å². The molecule has 108 valence electrons. The van der Waals surface area contributed by atoms with Crippen LogP contribution in [0.15, 0.2) is 18.2 Å². The molecule has 1 aliphatic rings. The molecular formula is C14H15F2NO3. The topological polar surface area (TPSA) is 66.4 Å². The molecule has 0 heterocycles. The second-order valence-corrected chi connectivity index (χ2v) is 5.14. The molecule has 1 saturated carbocycles. The minimum atomic E-state index is -1.08. The number of carbonyl (C=O) groups excluding carboxylic acids is 1. The average Bonchev–Trinajstić information content (AvgIpc) is 2.83. The second-order valence-electron chi connectivity index (χ2n) is 5.14. The average molecular weight is 283 g/mol. The number of nitrogens with one attached hydrogen (secondary N) is 1. The highest BCUT2D eigenvalue weighted by Crippen LogP contribution is 2.41. The summed E-state index contributed by atoms with van der Waals surface area (Å²) in [6.45, 7) is 0. The SMILES string of the molecule is O=C(CC1(C(=O)O)CCCC1)Nc1cc(F)ccc1F. The molecule has 0 aliphatic heterocycles. The Morgan fingerprint density at radius 2 is 1.90 bits per heavy atom. The van der Waals surface area contributed by atoms with Crippen LogP contribution in [0.2, 0.25) is 0 Å². The molecule has 2 rings (SSSR count). The summed E-state index contributed by atoms with van der Waals surface area (Å²) >= 11 is 0. The fourth-order valence-corrected chi connectivity index (χ4v) is 2.61. The van der Waals surface area contributed by atoms with Gasteiger partial charge in [-0.25, -0.2) is 8.78 Å². The molecule has 6 heteroatoms. The van der Waals surface area contributed by atoms with Gasteiger partial charge in [0.25, 0.3) is 0 Å². The largest absolute Gasteiger partial charge is 0.481 e. The lowest BCUT2D eigenvalue weighted by atomic mass is 9.82. The van der Waals surface area contributed by atoms with Crippen molar-refractivity contribution in [3.05, 3.63) is 29.8 Å². The summed E-state index contributed by atoms with van der Waals surface area (Å²) in [5, 5.41) is 11.5. The first-order valence-corrected chi connectivity index (χ1v) is 6.41. The molecule has 1 aromatic carbocycles. The van der Waals surface area contributed by atoms with Crippen molar-refractivity contribution in [3.63, 3.8) is 0 Å². The molecule has 0 aromatic heterocycles. The van der Waals surface area contributed by atoms with E-state index in [9.17, 15) is 23.5 Å². The molecule has 0 bridgehead atoms. The van der Waals surface area contributed by atoms with Crippen LogP contribution in [0.25, 0.3) is 0 Å². The van der Waals surface area contributed by atoms with Crippen LogP contribution in [0.1, 0.15) is 32.1 Å². The van der Waals surface area contributed by atoms with Gasteiger partial charge in [0.05, 0.1) is 11.1 Å². The van der Waals surface area contributed by atoms with E-state index in [0.29, 0.717) is 12.8 Å². The molecule has 1 aromatic rings. The molecule has 1 aliphatic carbocycles. The van der Waals surface area contributed by atoms with Gasteiger partial charge < -0.3 is 10.4 Å². The van der Waals surface area contributed by atoms with Gasteiger partial charge in [-0.05, 0) is 25.0 Å². The Bertz CT molecular complexity index is 539. The normalized spacial score (nSPS) is 16.9. The number of benzene rings is 1. The number of amides is 1. The van der Waals surface area contributed by atoms with Crippen LogP contribution in [0, 0.1) is 17.0 Å². The van der Waals surface area contributed by atoms with E-state index in [2.05, 4.69) is 5.32 Å². The Morgan fingerprint density at radius 1 is 1.25 bits per heavy atom. The molecule has 0 radical (unpaired) electrons. The summed E-state index contributed by atoms with van der Waals surface area (Å²) in [5.74, 6) is -3.05. The van der Waals surface area contributed by atoms with E-state index in [-0.39, 0.29) is 12.1 Å². The number of carboxylic acid groups (broad SMARTS) is 1. The maximum atomic E-state index is 13.4. The van der Waals surface area contributed by atoms with E-state index in [1.54, 1.807) is 0 Å². The summed E-state index contributed by atoms with van der Waals surface area (Å²) in [6.07, 6.45) is 2.16. The zero-order chi connectivity index (χ0) is 14.8. The molecule has 0 spiro atoms. The zero-order valence-electron chi connectivity index (χ0n) is 10.8. The summed E-state index contributed by atoms with van der Waals surface area (Å²) in [7, 11) is 0. The van der Waals surface area contributed by atoms with E-state index in [1.807, 2.05) is 0 Å². The van der Waals surface area contributed by atoms with E-state index in [0.717, 1.165) is 31.0 Å². The maximum absolute atomic E-state index is 13.4. The fraction of sp³-hybridized carbons (Fsp3) is 0.429. The highest BCUT2D eigenvalue weighted by atomic mass is 19.1. The predicted molar refractivity (Wildman–Crippen MR) is 68.1 cm³/mol. The Kier molecular flexibility index (Phi) is 4.01. The lowest BCUT2D eigenvalue weighted by Crippen LogP contribution is -2.32. The first kappa shape index (κ1) is 14.4. The van der Waals surface area contributed by atoms with Crippen molar-refractivity contribution in [3.8, 4) is 0 Å². The van der Waals surface area contributed by atoms with Crippen molar-refractivity contribution >= 4 is 17.6 Å². The standard InChI is InChI=1S/C14H15F2NO3/c15-9-3-4-10(16)11(7-9)17-12(18)8-14(13(19)20)5-1-2-6-14/h3-4,7H,1-2,5-6,8H2,(H,17,18)(H,19,20). The van der Waals surface area contributed by atoms with Gasteiger partial charge in [-0.3, -0.25) is 9.59 Å². The van der Waals surface area contributed by atoms with Gasteiger partial charge in [0.2, 0.25) is 5.91 Å². The number of anilines is 1. The predicted octanol–water partition coefficient (Wildman–Crippen LogP) is 2.94. The van der Waals surface area contributed by atoms with Crippen LogP contribution in [0.4, 0.5) is 14.5 Å². The molecule has 0 atom stereocenters. The van der Waals surface area contributed by atoms with E-state index in [4.69, 9.17) is 0 Å². The maximum Gasteiger partial charge on any atom is 0.310 e. The van der Waals surface area contributed by atoms with Crippen LogP contribution < -0.4 is 5.32 Å². The molecule has 20 heavy (non-hydrogen) atoms. The van der Waals surface area contributed by atoms with Gasteiger partial charge >= 0.3 is 5.97 Å². The summed E-state index contributed by atoms with van der Waals surface area (Å²) in [6, 6.07) is 2.73. The van der Waals surface area contributed by atoms with Crippen LogP contribution in [0.3, 0.4) is 0 Å². The number of carbonyl (C=O) groups is 2. The van der Waals surface area contributed by atoms with Crippen LogP contribution in [0.5, 0.6) is 0 Å². The van der Waals surface area contributed by atoms with Crippen LogP contribution in [-0.4, -0.2) is 17.0 Å². The minimum absolute atomic E-state index is 0.224. The summed E-state index contributed by atoms with van der Waals surface area (Å²) in [4.78, 5) is 23.2. The molecular weight excluding hydrogens is 268 g/mol. The fourth-order valence-electron chi connectivity index (χ4n) is 2.61. The van der Waals surface area contributed by atoms with Crippen LogP contribution >= 0.6 is 0 Å². The van der Waals surface area contributed by atoms with Crippen LogP contribution in [-0.2, 0) is 9.59 Å². The number of rotatable bonds is 4. The van der Waals surface area contributed by atoms with Crippen molar-refractivity contribution in [1.29, 1.82) is 0 Å². The third-order valence-electron chi connectivity index (χ3n) is 3.72. The molecule has 0 saturated heterocycles. The third kappa shape index (κ3) is 2.95. The van der Waals surface area contributed by atoms with Crippen molar-refractivity contribution in [1.82, 2.24) is 0 Å². The first-order valence-electron chi connectivity index (χ1n) is 6.41. The second kappa shape index (κ2) is 5.56. The summed E-state index contributed by atoms with van der Waals surface area (Å²) < 4.78 is 26.4. The quantitative estimate of drug-likeness (QED) is 0.892. The molecule has 4 nitrogen and oxygen atoms in total. The third-order valence-corrected chi connectivity index (χ3v) is 3.72. The number of carboxylic acids is 1. The smallest absolute Gasteiger partial charge is 0.310 e. The molecule has 0 unspecified atom stereocenters. The van der Waals surface area contributed by atoms with Crippen molar-refractivity contribution in [2.24, 2.45) is 5.41 Å². The minimum Gasteiger partial charge on any atom is -0.481 e. The van der Waals surface area contributed by atoms with Gasteiger partial charge in [0.1, 0.15) is 11.6 Å². The zero-order valence-corrected chi connectivity index (χ0v) is 10.8. The molecule has 1 fully saturated rings. The van der Waals surface area contributed by atoms with Gasteiger partial charge in [-0.2, -0.15) is 0 Å². The van der Waals surface area contributed by atoms with Gasteiger partial charge in [0.15, 0.2) is 0 Å². The highest BCUT2D eigenvalue weighted by Gasteiger charge is 2.43. The summed E-state index contributed by atoms with van der Waals surface area (Å²) in [5.41, 5.74) is -1.35. The Hall–Kier alpha value is -1.98. The van der Waals surface area contributed by atoms with Gasteiger partial charge in [-0.15, -0.1) is 0 Å². The number of halogens is 2. The van der Waals surface area contributed by atoms with Crippen molar-refractivity contribution in [2.45, 2.75) is 32.1 Å². The Balaban J connectivity index is 2.08. The Morgan fingerprint density at radius 3 is 2.50 bits per heavy atom. The highest BCUT2D eigenvalue weighted by molar-refractivity contribution is 5.94.